The zero-order valence-electron chi connectivity index (χ0n) is 24.8. The summed E-state index contributed by atoms with van der Waals surface area (Å²) < 4.78 is 6.83. The molecule has 3 heterocycles. The van der Waals surface area contributed by atoms with Gasteiger partial charge < -0.3 is 24.5 Å². The number of hydrogen-bond acceptors (Lipinski definition) is 5. The van der Waals surface area contributed by atoms with Crippen LogP contribution >= 0.6 is 11.6 Å². The second-order valence-corrected chi connectivity index (χ2v) is 12.3. The Bertz CT molecular complexity index is 1400. The summed E-state index contributed by atoms with van der Waals surface area (Å²) in [5, 5.41) is 10.8. The van der Waals surface area contributed by atoms with E-state index in [1.807, 2.05) is 44.2 Å². The third-order valence-electron chi connectivity index (χ3n) is 9.39. The molecule has 228 valence electrons. The molecule has 0 radical (unpaired) electrons. The summed E-state index contributed by atoms with van der Waals surface area (Å²) in [5.74, 6) is -2.60. The Labute approximate surface area is 258 Å². The van der Waals surface area contributed by atoms with E-state index < -0.39 is 35.1 Å². The van der Waals surface area contributed by atoms with Crippen LogP contribution in [0.4, 0.5) is 5.69 Å². The highest BCUT2D eigenvalue weighted by Crippen LogP contribution is 2.64. The molecule has 1 spiro atoms. The van der Waals surface area contributed by atoms with E-state index in [-0.39, 0.29) is 30.9 Å². The molecule has 8 nitrogen and oxygen atoms in total. The van der Waals surface area contributed by atoms with Crippen molar-refractivity contribution in [1.82, 2.24) is 9.80 Å². The molecule has 0 saturated carbocycles. The first kappa shape index (κ1) is 31.0. The number of likely N-dealkylation sites (tertiary alicyclic amines) is 1. The molecule has 2 aromatic rings. The van der Waals surface area contributed by atoms with E-state index in [0.717, 1.165) is 5.56 Å². The van der Waals surface area contributed by atoms with E-state index in [0.29, 0.717) is 43.1 Å². The Morgan fingerprint density at radius 2 is 1.77 bits per heavy atom. The lowest BCUT2D eigenvalue weighted by atomic mass is 9.66. The van der Waals surface area contributed by atoms with Gasteiger partial charge in [-0.15, -0.1) is 13.2 Å². The average Bonchev–Trinajstić information content (AvgIpc) is 3.57. The summed E-state index contributed by atoms with van der Waals surface area (Å²) in [5.41, 5.74) is -0.726. The Hall–Kier alpha value is -3.46. The minimum atomic E-state index is -1.24. The lowest BCUT2D eigenvalue weighted by molar-refractivity contribution is -0.152. The Morgan fingerprint density at radius 1 is 1.09 bits per heavy atom. The van der Waals surface area contributed by atoms with Gasteiger partial charge >= 0.3 is 0 Å². The van der Waals surface area contributed by atoms with Crippen LogP contribution in [0.5, 0.6) is 0 Å². The molecule has 6 atom stereocenters. The topological polar surface area (TPSA) is 90.4 Å². The van der Waals surface area contributed by atoms with Gasteiger partial charge in [0, 0.05) is 19.6 Å². The maximum atomic E-state index is 14.7. The summed E-state index contributed by atoms with van der Waals surface area (Å²) in [7, 11) is 0. The van der Waals surface area contributed by atoms with Crippen LogP contribution in [0.15, 0.2) is 79.9 Å². The highest BCUT2D eigenvalue weighted by molar-refractivity contribution is 6.34. The largest absolute Gasteiger partial charge is 0.394 e. The van der Waals surface area contributed by atoms with Crippen molar-refractivity contribution in [2.75, 3.05) is 24.6 Å². The number of para-hydroxylation sites is 1. The van der Waals surface area contributed by atoms with Crippen LogP contribution < -0.4 is 4.90 Å². The van der Waals surface area contributed by atoms with E-state index in [1.165, 1.54) is 9.80 Å². The van der Waals surface area contributed by atoms with Gasteiger partial charge in [-0.2, -0.15) is 0 Å². The van der Waals surface area contributed by atoms with E-state index in [2.05, 4.69) is 13.2 Å². The number of nitrogens with zero attached hydrogens (tertiary/aromatic N) is 3. The molecule has 2 aromatic carbocycles. The summed E-state index contributed by atoms with van der Waals surface area (Å²) in [6.07, 6.45) is 4.66. The van der Waals surface area contributed by atoms with Crippen molar-refractivity contribution < 1.29 is 24.2 Å². The van der Waals surface area contributed by atoms with Gasteiger partial charge in [0.05, 0.1) is 40.8 Å². The Balaban J connectivity index is 1.60. The van der Waals surface area contributed by atoms with Gasteiger partial charge in [0.15, 0.2) is 0 Å². The molecule has 3 saturated heterocycles. The van der Waals surface area contributed by atoms with E-state index in [9.17, 15) is 19.5 Å². The first-order chi connectivity index (χ1) is 20.7. The second kappa shape index (κ2) is 12.3. The lowest BCUT2D eigenvalue weighted by Crippen LogP contribution is -2.59. The van der Waals surface area contributed by atoms with Crippen molar-refractivity contribution in [3.05, 3.63) is 90.5 Å². The molecule has 3 aliphatic rings. The van der Waals surface area contributed by atoms with Gasteiger partial charge in [-0.05, 0) is 43.9 Å². The summed E-state index contributed by atoms with van der Waals surface area (Å²) >= 11 is 6.56. The first-order valence-electron chi connectivity index (χ1n) is 14.9. The minimum absolute atomic E-state index is 0.154. The molecule has 3 amide bonds. The number of rotatable bonds is 12. The molecular weight excluding hydrogens is 566 g/mol. The van der Waals surface area contributed by atoms with E-state index in [4.69, 9.17) is 16.3 Å². The highest BCUT2D eigenvalue weighted by Gasteiger charge is 2.78. The number of benzene rings is 2. The first-order valence-corrected chi connectivity index (χ1v) is 15.3. The minimum Gasteiger partial charge on any atom is -0.394 e. The number of hydrogen-bond donors (Lipinski definition) is 1. The van der Waals surface area contributed by atoms with Gasteiger partial charge in [0.25, 0.3) is 5.91 Å². The summed E-state index contributed by atoms with van der Waals surface area (Å²) in [6.45, 7) is 11.9. The number of carbonyl (C=O) groups excluding carboxylic acids is 3. The van der Waals surface area contributed by atoms with Gasteiger partial charge in [0.2, 0.25) is 11.8 Å². The van der Waals surface area contributed by atoms with Gasteiger partial charge in [-0.3, -0.25) is 14.4 Å². The monoisotopic (exact) mass is 605 g/mol. The molecule has 1 N–H and O–H groups in total. The quantitative estimate of drug-likeness (QED) is 0.357. The van der Waals surface area contributed by atoms with Crippen molar-refractivity contribution in [3.63, 3.8) is 0 Å². The maximum Gasteiger partial charge on any atom is 0.253 e. The average molecular weight is 606 g/mol. The van der Waals surface area contributed by atoms with Crippen molar-refractivity contribution >= 4 is 35.0 Å². The number of halogens is 1. The molecule has 5 rings (SSSR count). The number of carbonyl (C=O) groups is 3. The second-order valence-electron chi connectivity index (χ2n) is 11.9. The van der Waals surface area contributed by atoms with Crippen LogP contribution in [0.25, 0.3) is 0 Å². The number of fused-ring (bicyclic) bond motifs is 1. The number of ether oxygens (including phenoxy) is 1. The van der Waals surface area contributed by atoms with Crippen LogP contribution in [-0.4, -0.2) is 75.6 Å². The van der Waals surface area contributed by atoms with Gasteiger partial charge in [-0.25, -0.2) is 0 Å². The molecule has 43 heavy (non-hydrogen) atoms. The zero-order valence-corrected chi connectivity index (χ0v) is 25.6. The van der Waals surface area contributed by atoms with Crippen LogP contribution in [0, 0.1) is 11.8 Å². The fraction of sp³-hybridized carbons (Fsp3) is 0.441. The molecule has 9 heteroatoms. The van der Waals surface area contributed by atoms with Crippen LogP contribution in [0.2, 0.25) is 5.02 Å². The molecule has 0 aliphatic carbocycles. The molecule has 3 aliphatic heterocycles. The number of aliphatic hydroxyl groups excluding tert-OH is 1. The Kier molecular flexibility index (Phi) is 8.84. The molecule has 2 bridgehead atoms. The van der Waals surface area contributed by atoms with Crippen molar-refractivity contribution in [2.45, 2.75) is 62.9 Å². The third kappa shape index (κ3) is 5.09. The zero-order chi connectivity index (χ0) is 30.9. The van der Waals surface area contributed by atoms with Crippen LogP contribution in [0.1, 0.15) is 38.7 Å². The van der Waals surface area contributed by atoms with Crippen molar-refractivity contribution in [2.24, 2.45) is 11.8 Å². The smallest absolute Gasteiger partial charge is 0.253 e. The summed E-state index contributed by atoms with van der Waals surface area (Å²) in [6, 6.07) is 15.0. The van der Waals surface area contributed by atoms with Gasteiger partial charge in [0.1, 0.15) is 11.6 Å². The molecule has 2 unspecified atom stereocenters. The van der Waals surface area contributed by atoms with Crippen LogP contribution in [0.3, 0.4) is 0 Å². The number of amides is 3. The normalized spacial score (nSPS) is 28.0. The Morgan fingerprint density at radius 3 is 2.40 bits per heavy atom. The SMILES string of the molecule is C=CCN(Cc1ccccc1)C(=O)[C@H]1[C@H]2C(=O)N([C@@H](CC)CO)C(C(=O)N(CC=C)c3ccccc3Cl)C23CC[C@]1(C)O3. The third-order valence-corrected chi connectivity index (χ3v) is 9.71. The predicted octanol–water partition coefficient (Wildman–Crippen LogP) is 4.61. The fourth-order valence-corrected chi connectivity index (χ4v) is 7.71. The summed E-state index contributed by atoms with van der Waals surface area (Å²) in [4.78, 5) is 48.5. The number of aliphatic hydroxyl groups is 1. The van der Waals surface area contributed by atoms with E-state index in [1.54, 1.807) is 41.3 Å². The van der Waals surface area contributed by atoms with Gasteiger partial charge in [-0.1, -0.05) is 73.1 Å². The molecular formula is C34H40ClN3O5. The predicted molar refractivity (Wildman–Crippen MR) is 166 cm³/mol. The maximum absolute atomic E-state index is 14.7. The standard InChI is InChI=1S/C34H40ClN3O5/c1-5-19-36(21-23-13-9-8-10-14-23)30(40)27-28-31(41)38(24(7-3)22-39)29(34(28)18-17-33(27,4)43-34)32(42)37(20-6-2)26-16-12-11-15-25(26)35/h5-6,8-16,24,27-29,39H,1-2,7,17-22H2,3-4H3/t24-,27+,28-,29?,33-,34?/m0/s1. The molecule has 0 aromatic heterocycles. The van der Waals surface area contributed by atoms with E-state index >= 15 is 0 Å². The van der Waals surface area contributed by atoms with Crippen LogP contribution in [-0.2, 0) is 25.7 Å². The lowest BCUT2D eigenvalue weighted by Gasteiger charge is -2.39. The highest BCUT2D eigenvalue weighted by atomic mass is 35.5. The fourth-order valence-electron chi connectivity index (χ4n) is 7.47. The van der Waals surface area contributed by atoms with Crippen molar-refractivity contribution in [1.29, 1.82) is 0 Å². The number of anilines is 1. The van der Waals surface area contributed by atoms with Crippen molar-refractivity contribution in [3.8, 4) is 0 Å². The molecule has 3 fully saturated rings.